The highest BCUT2D eigenvalue weighted by molar-refractivity contribution is 5.77. The minimum absolute atomic E-state index is 0.00932. The van der Waals surface area contributed by atoms with E-state index in [-0.39, 0.29) is 31.3 Å². The summed E-state index contributed by atoms with van der Waals surface area (Å²) in [5.41, 5.74) is 0. The van der Waals surface area contributed by atoms with Crippen LogP contribution in [-0.2, 0) is 14.3 Å². The zero-order chi connectivity index (χ0) is 43.8. The summed E-state index contributed by atoms with van der Waals surface area (Å²) < 4.78 is 5.83. The fourth-order valence-corrected chi connectivity index (χ4v) is 6.39. The second-order valence-corrected chi connectivity index (χ2v) is 15.5. The lowest BCUT2D eigenvalue weighted by molar-refractivity contribution is -0.150. The van der Waals surface area contributed by atoms with Crippen molar-refractivity contribution in [3.05, 3.63) is 122 Å². The molecule has 3 atom stereocenters. The van der Waals surface area contributed by atoms with Crippen molar-refractivity contribution in [1.29, 1.82) is 0 Å². The van der Waals surface area contributed by atoms with Gasteiger partial charge in [0, 0.05) is 6.42 Å². The molecule has 0 fully saturated rings. The highest BCUT2D eigenvalue weighted by Gasteiger charge is 2.23. The Morgan fingerprint density at radius 1 is 0.517 bits per heavy atom. The number of carbonyl (C=O) groups is 2. The summed E-state index contributed by atoms with van der Waals surface area (Å²) in [7, 11) is 0. The maximum absolute atomic E-state index is 13.1. The van der Waals surface area contributed by atoms with Crippen LogP contribution >= 0.6 is 0 Å². The van der Waals surface area contributed by atoms with Gasteiger partial charge < -0.3 is 20.3 Å². The van der Waals surface area contributed by atoms with E-state index in [1.54, 1.807) is 0 Å². The molecule has 0 aliphatic heterocycles. The predicted molar refractivity (Wildman–Crippen MR) is 259 cm³/mol. The van der Waals surface area contributed by atoms with E-state index in [9.17, 15) is 19.8 Å². The number of rotatable bonds is 40. The summed E-state index contributed by atoms with van der Waals surface area (Å²) in [5.74, 6) is -0.660. The summed E-state index contributed by atoms with van der Waals surface area (Å²) in [4.78, 5) is 26.0. The number of ether oxygens (including phenoxy) is 1. The first kappa shape index (κ1) is 56.3. The van der Waals surface area contributed by atoms with Crippen molar-refractivity contribution in [3.8, 4) is 0 Å². The van der Waals surface area contributed by atoms with Crippen molar-refractivity contribution >= 4 is 11.9 Å². The van der Waals surface area contributed by atoms with Gasteiger partial charge in [-0.25, -0.2) is 0 Å². The Bertz CT molecular complexity index is 1300. The summed E-state index contributed by atoms with van der Waals surface area (Å²) in [6.07, 6.45) is 64.1. The molecule has 0 rings (SSSR count). The quantitative estimate of drug-likeness (QED) is 0.0247. The highest BCUT2D eigenvalue weighted by Crippen LogP contribution is 2.16. The number of aliphatic hydroxyl groups is 2. The number of hydrogen-bond acceptors (Lipinski definition) is 5. The first-order valence-electron chi connectivity index (χ1n) is 23.8. The van der Waals surface area contributed by atoms with Gasteiger partial charge in [-0.15, -0.1) is 0 Å². The van der Waals surface area contributed by atoms with Gasteiger partial charge in [-0.05, 0) is 70.6 Å². The Hall–Kier alpha value is -3.74. The van der Waals surface area contributed by atoms with E-state index in [0.29, 0.717) is 19.3 Å². The third-order valence-corrected chi connectivity index (χ3v) is 9.93. The Balaban J connectivity index is 4.85. The van der Waals surface area contributed by atoms with Gasteiger partial charge in [0.15, 0.2) is 0 Å². The Labute approximate surface area is 368 Å². The molecule has 0 radical (unpaired) electrons. The molecule has 6 nitrogen and oxygen atoms in total. The molecule has 3 N–H and O–H groups in total. The van der Waals surface area contributed by atoms with E-state index in [1.807, 2.05) is 54.7 Å². The third-order valence-electron chi connectivity index (χ3n) is 9.93. The van der Waals surface area contributed by atoms with E-state index < -0.39 is 18.2 Å². The minimum atomic E-state index is -0.825. The molecule has 0 saturated heterocycles. The molecular weight excluding hydrogens is 743 g/mol. The van der Waals surface area contributed by atoms with Crippen LogP contribution in [-0.4, -0.2) is 46.9 Å². The van der Waals surface area contributed by atoms with Crippen LogP contribution in [0.25, 0.3) is 0 Å². The van der Waals surface area contributed by atoms with Gasteiger partial charge in [0.1, 0.15) is 6.10 Å². The number of amides is 1. The first-order chi connectivity index (χ1) is 29.5. The largest absolute Gasteiger partial charge is 0.462 e. The minimum Gasteiger partial charge on any atom is -0.462 e. The van der Waals surface area contributed by atoms with Crippen molar-refractivity contribution < 1.29 is 24.5 Å². The zero-order valence-corrected chi connectivity index (χ0v) is 38.3. The summed E-state index contributed by atoms with van der Waals surface area (Å²) in [5, 5.41) is 23.6. The number of esters is 1. The third kappa shape index (κ3) is 41.0. The van der Waals surface area contributed by atoms with Crippen LogP contribution in [0.3, 0.4) is 0 Å². The van der Waals surface area contributed by atoms with Crippen LogP contribution in [0.15, 0.2) is 122 Å². The van der Waals surface area contributed by atoms with Gasteiger partial charge in [-0.2, -0.15) is 0 Å². The molecule has 0 aliphatic rings. The van der Waals surface area contributed by atoms with Gasteiger partial charge in [0.2, 0.25) is 5.91 Å². The van der Waals surface area contributed by atoms with Crippen molar-refractivity contribution in [1.82, 2.24) is 5.32 Å². The lowest BCUT2D eigenvalue weighted by Gasteiger charge is -2.24. The van der Waals surface area contributed by atoms with Gasteiger partial charge in [0.05, 0.1) is 25.2 Å². The van der Waals surface area contributed by atoms with Gasteiger partial charge in [0.25, 0.3) is 0 Å². The maximum Gasteiger partial charge on any atom is 0.306 e. The molecule has 0 aromatic rings. The van der Waals surface area contributed by atoms with Crippen molar-refractivity contribution in [2.24, 2.45) is 0 Å². The van der Waals surface area contributed by atoms with Crippen LogP contribution in [0.1, 0.15) is 181 Å². The molecule has 0 aromatic heterocycles. The van der Waals surface area contributed by atoms with Crippen LogP contribution in [0.4, 0.5) is 0 Å². The smallest absolute Gasteiger partial charge is 0.306 e. The van der Waals surface area contributed by atoms with E-state index in [0.717, 1.165) is 70.6 Å². The molecule has 0 heterocycles. The molecule has 0 spiro atoms. The Morgan fingerprint density at radius 2 is 0.983 bits per heavy atom. The first-order valence-corrected chi connectivity index (χ1v) is 23.8. The van der Waals surface area contributed by atoms with Gasteiger partial charge in [-0.3, -0.25) is 9.59 Å². The normalized spacial score (nSPS) is 14.4. The number of unbranched alkanes of at least 4 members (excludes halogenated alkanes) is 12. The Morgan fingerprint density at radius 3 is 1.50 bits per heavy atom. The zero-order valence-electron chi connectivity index (χ0n) is 38.3. The molecule has 0 aliphatic carbocycles. The standard InChI is InChI=1S/C54H87NO5/c1-4-7-10-13-16-19-22-25-26-27-29-32-35-38-41-44-47-54(59)60-50(45-42-39-36-33-30-28-23-20-17-14-11-8-5-2)48-53(58)55-51(49-56)52(57)46-43-40-37-34-31-24-21-18-15-12-9-6-3/h7-8,10-11,14,16-17,19-20,23,25-26,28-30,32-33,36,38,41,50-52,56-57H,4-6,9,12-13,15,18,21-22,24,27,31,34-35,37,39-40,42-49H2,1-3H3,(H,55,58)/b10-7+,11-8+,17-14+,19-16+,23-20-,26-25+,30-28-,32-29+,36-33+,41-38+. The SMILES string of the molecule is CC/C=C/C=C/C=C\C=C/C=C/CCCC(CC(=O)NC(CO)C(O)CCCCCCCCCCCCCC)OC(=O)CC/C=C/C/C=C/C/C=C/C/C=C/C/C=C/CC. The van der Waals surface area contributed by atoms with Gasteiger partial charge in [-0.1, -0.05) is 219 Å². The van der Waals surface area contributed by atoms with E-state index in [4.69, 9.17) is 4.74 Å². The van der Waals surface area contributed by atoms with Crippen LogP contribution < -0.4 is 5.32 Å². The average molecular weight is 830 g/mol. The number of nitrogens with one attached hydrogen (secondary N) is 1. The highest BCUT2D eigenvalue weighted by atomic mass is 16.5. The molecule has 3 unspecified atom stereocenters. The van der Waals surface area contributed by atoms with Crippen LogP contribution in [0.2, 0.25) is 0 Å². The van der Waals surface area contributed by atoms with Crippen molar-refractivity contribution in [3.63, 3.8) is 0 Å². The number of allylic oxidation sites excluding steroid dienone is 20. The number of aliphatic hydroxyl groups excluding tert-OH is 2. The molecule has 60 heavy (non-hydrogen) atoms. The van der Waals surface area contributed by atoms with Crippen molar-refractivity contribution in [2.75, 3.05) is 6.61 Å². The number of carbonyl (C=O) groups excluding carboxylic acids is 2. The van der Waals surface area contributed by atoms with E-state index in [2.05, 4.69) is 92.9 Å². The number of hydrogen-bond donors (Lipinski definition) is 3. The van der Waals surface area contributed by atoms with Crippen molar-refractivity contribution in [2.45, 2.75) is 200 Å². The molecule has 6 heteroatoms. The maximum atomic E-state index is 13.1. The predicted octanol–water partition coefficient (Wildman–Crippen LogP) is 14.1. The molecule has 0 aromatic carbocycles. The molecule has 0 bridgehead atoms. The van der Waals surface area contributed by atoms with Crippen LogP contribution in [0.5, 0.6) is 0 Å². The van der Waals surface area contributed by atoms with Gasteiger partial charge >= 0.3 is 5.97 Å². The average Bonchev–Trinajstić information content (AvgIpc) is 3.24. The lowest BCUT2D eigenvalue weighted by atomic mass is 10.0. The lowest BCUT2D eigenvalue weighted by Crippen LogP contribution is -2.46. The molecular formula is C54H87NO5. The fraction of sp³-hybridized carbons (Fsp3) is 0.593. The Kier molecular flexibility index (Phi) is 43.4. The summed E-state index contributed by atoms with van der Waals surface area (Å²) in [6.45, 7) is 6.16. The topological polar surface area (TPSA) is 95.9 Å². The van der Waals surface area contributed by atoms with Crippen LogP contribution in [0, 0.1) is 0 Å². The fourth-order valence-electron chi connectivity index (χ4n) is 6.39. The van der Waals surface area contributed by atoms with E-state index >= 15 is 0 Å². The molecule has 0 saturated carbocycles. The van der Waals surface area contributed by atoms with E-state index in [1.165, 1.54) is 57.8 Å². The summed E-state index contributed by atoms with van der Waals surface area (Å²) in [6, 6.07) is -0.746. The molecule has 1 amide bonds. The summed E-state index contributed by atoms with van der Waals surface area (Å²) >= 11 is 0. The monoisotopic (exact) mass is 830 g/mol. The second kappa shape index (κ2) is 46.3. The molecule has 338 valence electrons. The second-order valence-electron chi connectivity index (χ2n) is 15.5.